The number of urea groups is 1. The summed E-state index contributed by atoms with van der Waals surface area (Å²) in [5.74, 6) is 0.0548. The SMILES string of the molecule is CC(C)(C)[Si](OCCC(=O)Nc1ccn(C2=CC3CN(C2)C(=O)N3OS(=O)(=O)O)n1)(c1ccccc1)c1ccccc1. The van der Waals surface area contributed by atoms with Gasteiger partial charge in [0, 0.05) is 31.8 Å². The fourth-order valence-electron chi connectivity index (χ4n) is 5.53. The molecule has 0 saturated carbocycles. The van der Waals surface area contributed by atoms with E-state index in [-0.39, 0.29) is 37.1 Å². The number of carbonyl (C=O) groups excluding carboxylic acids is 2. The minimum absolute atomic E-state index is 0.117. The molecular weight excluding hydrogens is 578 g/mol. The average molecular weight is 612 g/mol. The number of hydrogen-bond donors (Lipinski definition) is 2. The van der Waals surface area contributed by atoms with Crippen molar-refractivity contribution in [1.29, 1.82) is 0 Å². The number of hydrogen-bond acceptors (Lipinski definition) is 7. The zero-order chi connectivity index (χ0) is 30.1. The van der Waals surface area contributed by atoms with E-state index in [1.165, 1.54) is 9.58 Å². The van der Waals surface area contributed by atoms with E-state index in [1.807, 2.05) is 36.4 Å². The van der Waals surface area contributed by atoms with Gasteiger partial charge in [-0.25, -0.2) is 9.48 Å². The highest BCUT2D eigenvalue weighted by molar-refractivity contribution is 7.80. The smallest absolute Gasteiger partial charge is 0.407 e. The number of aromatic nitrogens is 2. The number of benzene rings is 2. The minimum Gasteiger partial charge on any atom is -0.407 e. The van der Waals surface area contributed by atoms with Gasteiger partial charge in [0.1, 0.15) is 6.04 Å². The first-order valence-electron chi connectivity index (χ1n) is 13.4. The average Bonchev–Trinajstić information content (AvgIpc) is 3.49. The van der Waals surface area contributed by atoms with Gasteiger partial charge in [-0.1, -0.05) is 81.4 Å². The lowest BCUT2D eigenvalue weighted by atomic mass is 10.2. The second-order valence-corrected chi connectivity index (χ2v) is 16.5. The third-order valence-electron chi connectivity index (χ3n) is 7.30. The lowest BCUT2D eigenvalue weighted by Gasteiger charge is -2.43. The molecule has 0 radical (unpaired) electrons. The van der Waals surface area contributed by atoms with Crippen molar-refractivity contribution in [2.45, 2.75) is 38.3 Å². The van der Waals surface area contributed by atoms with Gasteiger partial charge in [-0.3, -0.25) is 9.35 Å². The van der Waals surface area contributed by atoms with Crippen LogP contribution in [-0.2, 0) is 23.9 Å². The molecule has 42 heavy (non-hydrogen) atoms. The van der Waals surface area contributed by atoms with Crippen LogP contribution in [0.15, 0.2) is 79.0 Å². The molecule has 222 valence electrons. The molecule has 3 heterocycles. The van der Waals surface area contributed by atoms with Gasteiger partial charge >= 0.3 is 16.4 Å². The van der Waals surface area contributed by atoms with Gasteiger partial charge in [-0.2, -0.15) is 18.6 Å². The van der Waals surface area contributed by atoms with Gasteiger partial charge in [0.25, 0.3) is 8.32 Å². The van der Waals surface area contributed by atoms with Gasteiger partial charge in [0.15, 0.2) is 5.82 Å². The molecule has 3 aromatic rings. The molecule has 1 atom stereocenters. The second-order valence-electron chi connectivity index (χ2n) is 11.2. The van der Waals surface area contributed by atoms with Crippen molar-refractivity contribution in [2.75, 3.05) is 25.0 Å². The molecule has 2 bridgehead atoms. The van der Waals surface area contributed by atoms with Crippen LogP contribution in [0.25, 0.3) is 5.70 Å². The van der Waals surface area contributed by atoms with Gasteiger partial charge in [-0.15, -0.1) is 4.28 Å². The molecule has 1 saturated heterocycles. The molecular formula is C28H33N5O7SSi. The number of anilines is 1. The Kier molecular flexibility index (Phi) is 8.09. The van der Waals surface area contributed by atoms with Gasteiger partial charge in [0.2, 0.25) is 5.91 Å². The van der Waals surface area contributed by atoms with E-state index in [0.717, 1.165) is 10.4 Å². The van der Waals surface area contributed by atoms with E-state index >= 15 is 0 Å². The van der Waals surface area contributed by atoms with Crippen molar-refractivity contribution in [3.8, 4) is 0 Å². The highest BCUT2D eigenvalue weighted by atomic mass is 32.3. The molecule has 1 aromatic heterocycles. The number of carbonyl (C=O) groups is 2. The van der Waals surface area contributed by atoms with Crippen LogP contribution in [0.1, 0.15) is 27.2 Å². The van der Waals surface area contributed by atoms with Crippen molar-refractivity contribution in [3.05, 3.63) is 79.0 Å². The largest absolute Gasteiger partial charge is 0.418 e. The Morgan fingerprint density at radius 2 is 1.69 bits per heavy atom. The van der Waals surface area contributed by atoms with Crippen LogP contribution in [0.2, 0.25) is 5.04 Å². The Morgan fingerprint density at radius 3 is 2.26 bits per heavy atom. The summed E-state index contributed by atoms with van der Waals surface area (Å²) in [5, 5.41) is 9.87. The molecule has 2 aromatic carbocycles. The summed E-state index contributed by atoms with van der Waals surface area (Å²) < 4.78 is 44.0. The van der Waals surface area contributed by atoms with E-state index in [2.05, 4.69) is 59.7 Å². The number of nitrogens with one attached hydrogen (secondary N) is 1. The van der Waals surface area contributed by atoms with Gasteiger partial charge in [0.05, 0.1) is 12.2 Å². The molecule has 2 aliphatic heterocycles. The zero-order valence-corrected chi connectivity index (χ0v) is 25.3. The summed E-state index contributed by atoms with van der Waals surface area (Å²) in [6.45, 7) is 7.09. The molecule has 1 fully saturated rings. The second kappa shape index (κ2) is 11.5. The fraction of sp³-hybridized carbons (Fsp3) is 0.321. The van der Waals surface area contributed by atoms with E-state index in [4.69, 9.17) is 8.98 Å². The Labute approximate surface area is 245 Å². The van der Waals surface area contributed by atoms with Gasteiger partial charge < -0.3 is 14.6 Å². The molecule has 12 nitrogen and oxygen atoms in total. The van der Waals surface area contributed by atoms with Crippen LogP contribution in [-0.4, -0.2) is 78.7 Å². The third kappa shape index (κ3) is 6.03. The van der Waals surface area contributed by atoms with E-state index in [1.54, 1.807) is 18.3 Å². The minimum atomic E-state index is -4.86. The van der Waals surface area contributed by atoms with Crippen LogP contribution in [0, 0.1) is 0 Å². The van der Waals surface area contributed by atoms with Crippen molar-refractivity contribution >= 4 is 52.5 Å². The van der Waals surface area contributed by atoms with Crippen LogP contribution in [0.5, 0.6) is 0 Å². The highest BCUT2D eigenvalue weighted by Gasteiger charge is 2.50. The van der Waals surface area contributed by atoms with Crippen molar-refractivity contribution < 1.29 is 31.3 Å². The number of rotatable bonds is 10. The van der Waals surface area contributed by atoms with Crippen molar-refractivity contribution in [1.82, 2.24) is 19.7 Å². The van der Waals surface area contributed by atoms with Gasteiger partial charge in [-0.05, 0) is 21.5 Å². The Bertz CT molecular complexity index is 1550. The lowest BCUT2D eigenvalue weighted by molar-refractivity contribution is -0.116. The van der Waals surface area contributed by atoms with E-state index < -0.39 is 30.8 Å². The predicted molar refractivity (Wildman–Crippen MR) is 159 cm³/mol. The van der Waals surface area contributed by atoms with Crippen molar-refractivity contribution in [2.24, 2.45) is 0 Å². The summed E-state index contributed by atoms with van der Waals surface area (Å²) in [5.41, 5.74) is 0.580. The summed E-state index contributed by atoms with van der Waals surface area (Å²) in [4.78, 5) is 26.7. The van der Waals surface area contributed by atoms with Crippen LogP contribution in [0.4, 0.5) is 10.6 Å². The number of fused-ring (bicyclic) bond motifs is 2. The summed E-state index contributed by atoms with van der Waals surface area (Å²) in [6, 6.07) is 20.6. The predicted octanol–water partition coefficient (Wildman–Crippen LogP) is 2.48. The molecule has 3 amide bonds. The monoisotopic (exact) mass is 611 g/mol. The summed E-state index contributed by atoms with van der Waals surface area (Å²) in [7, 11) is -7.62. The first kappa shape index (κ1) is 29.7. The summed E-state index contributed by atoms with van der Waals surface area (Å²) in [6.07, 6.45) is 3.37. The molecule has 2 N–H and O–H groups in total. The van der Waals surface area contributed by atoms with Crippen LogP contribution >= 0.6 is 0 Å². The number of nitrogens with zero attached hydrogens (tertiary/aromatic N) is 4. The highest BCUT2D eigenvalue weighted by Crippen LogP contribution is 2.36. The maximum absolute atomic E-state index is 12.9. The van der Waals surface area contributed by atoms with E-state index in [9.17, 15) is 18.0 Å². The van der Waals surface area contributed by atoms with Crippen molar-refractivity contribution in [3.63, 3.8) is 0 Å². The fourth-order valence-corrected chi connectivity index (χ4v) is 10.5. The normalized spacial score (nSPS) is 17.4. The number of amides is 3. The molecule has 0 spiro atoms. The Morgan fingerprint density at radius 1 is 1.07 bits per heavy atom. The molecule has 14 heteroatoms. The molecule has 2 aliphatic rings. The molecule has 0 aliphatic carbocycles. The van der Waals surface area contributed by atoms with E-state index in [0.29, 0.717) is 16.6 Å². The molecule has 5 rings (SSSR count). The maximum atomic E-state index is 12.9. The summed E-state index contributed by atoms with van der Waals surface area (Å²) >= 11 is 0. The Hall–Kier alpha value is -3.82. The zero-order valence-electron chi connectivity index (χ0n) is 23.5. The topological polar surface area (TPSA) is 143 Å². The van der Waals surface area contributed by atoms with Crippen LogP contribution < -0.4 is 15.7 Å². The number of hydroxylamine groups is 2. The first-order valence-corrected chi connectivity index (χ1v) is 16.7. The first-order chi connectivity index (χ1) is 19.9. The van der Waals surface area contributed by atoms with Crippen LogP contribution in [0.3, 0.4) is 0 Å². The maximum Gasteiger partial charge on any atom is 0.418 e. The third-order valence-corrected chi connectivity index (χ3v) is 12.7. The Balaban J connectivity index is 1.26. The quantitative estimate of drug-likeness (QED) is 0.263. The molecule has 1 unspecified atom stereocenters. The standard InChI is InChI=1S/C28H33N5O7SSi/c1-28(2,3)42(23-10-6-4-7-11-23,24-12-8-5-9-13-24)39-17-15-26(34)29-25-14-16-32(30-25)21-18-22-20-31(19-21)27(35)33(22)40-41(36,37)38/h4-14,16,18,22H,15,17,19-20H2,1-3H3,(H,29,30,34)(H,36,37,38). The lowest BCUT2D eigenvalue weighted by Crippen LogP contribution is -2.66.